The van der Waals surface area contributed by atoms with Gasteiger partial charge in [-0.1, -0.05) is 127 Å². The number of anilines is 3. The second-order valence-electron chi connectivity index (χ2n) is 12.5. The van der Waals surface area contributed by atoms with Gasteiger partial charge in [-0.2, -0.15) is 0 Å². The third-order valence-corrected chi connectivity index (χ3v) is 9.79. The molecule has 49 heavy (non-hydrogen) atoms. The minimum absolute atomic E-state index is 0.885. The summed E-state index contributed by atoms with van der Waals surface area (Å²) >= 11 is 0. The highest BCUT2D eigenvalue weighted by molar-refractivity contribution is 6.11. The zero-order valence-corrected chi connectivity index (χ0v) is 26.6. The number of rotatable bonds is 5. The molecule has 2 aromatic heterocycles. The van der Waals surface area contributed by atoms with E-state index in [9.17, 15) is 0 Å². The third kappa shape index (κ3) is 4.29. The molecule has 0 spiro atoms. The van der Waals surface area contributed by atoms with E-state index in [4.69, 9.17) is 4.42 Å². The Bertz CT molecular complexity index is 2800. The van der Waals surface area contributed by atoms with Crippen molar-refractivity contribution in [1.82, 2.24) is 4.57 Å². The first kappa shape index (κ1) is 27.5. The van der Waals surface area contributed by atoms with Crippen LogP contribution in [-0.4, -0.2) is 4.57 Å². The van der Waals surface area contributed by atoms with Crippen molar-refractivity contribution in [3.8, 4) is 16.8 Å². The third-order valence-electron chi connectivity index (χ3n) is 9.79. The molecule has 0 bridgehead atoms. The normalized spacial score (nSPS) is 11.7. The highest BCUT2D eigenvalue weighted by atomic mass is 16.3. The molecule has 3 heteroatoms. The van der Waals surface area contributed by atoms with Crippen LogP contribution in [0.1, 0.15) is 0 Å². The van der Waals surface area contributed by atoms with Gasteiger partial charge in [0, 0.05) is 32.5 Å². The maximum atomic E-state index is 6.37. The zero-order valence-electron chi connectivity index (χ0n) is 26.6. The van der Waals surface area contributed by atoms with Gasteiger partial charge in [-0.15, -0.1) is 0 Å². The van der Waals surface area contributed by atoms with E-state index in [2.05, 4.69) is 179 Å². The lowest BCUT2D eigenvalue weighted by Gasteiger charge is -2.31. The summed E-state index contributed by atoms with van der Waals surface area (Å²) in [6, 6.07) is 65.1. The molecule has 0 aliphatic heterocycles. The maximum Gasteiger partial charge on any atom is 0.136 e. The van der Waals surface area contributed by atoms with E-state index in [1.807, 2.05) is 12.1 Å². The summed E-state index contributed by atoms with van der Waals surface area (Å²) in [7, 11) is 0. The molecule has 2 heterocycles. The number of hydrogen-bond acceptors (Lipinski definition) is 2. The van der Waals surface area contributed by atoms with E-state index in [1.54, 1.807) is 0 Å². The zero-order chi connectivity index (χ0) is 32.3. The molecule has 0 atom stereocenters. The fourth-order valence-electron chi connectivity index (χ4n) is 7.62. The molecule has 0 saturated carbocycles. The Labute approximate surface area is 283 Å². The van der Waals surface area contributed by atoms with Crippen molar-refractivity contribution < 1.29 is 4.42 Å². The number of furan rings is 1. The minimum Gasteiger partial charge on any atom is -0.456 e. The minimum atomic E-state index is 0.885. The molecule has 8 aromatic carbocycles. The summed E-state index contributed by atoms with van der Waals surface area (Å²) in [5, 5.41) is 7.12. The molecule has 0 aliphatic rings. The average molecular weight is 627 g/mol. The number of nitrogens with zero attached hydrogens (tertiary/aromatic N) is 2. The van der Waals surface area contributed by atoms with Gasteiger partial charge < -0.3 is 13.9 Å². The highest BCUT2D eigenvalue weighted by Crippen LogP contribution is 2.47. The largest absolute Gasteiger partial charge is 0.456 e. The monoisotopic (exact) mass is 626 g/mol. The predicted molar refractivity (Wildman–Crippen MR) is 206 cm³/mol. The van der Waals surface area contributed by atoms with Crippen LogP contribution in [0.15, 0.2) is 186 Å². The molecular formula is C46H30N2O. The Hall–Kier alpha value is -6.58. The lowest BCUT2D eigenvalue weighted by molar-refractivity contribution is 0.669. The Morgan fingerprint density at radius 1 is 0.388 bits per heavy atom. The quantitative estimate of drug-likeness (QED) is 0.190. The van der Waals surface area contributed by atoms with E-state index >= 15 is 0 Å². The first-order valence-electron chi connectivity index (χ1n) is 16.7. The standard InChI is InChI=1S/C46H30N2O/c1-2-16-33-31(14-1)15-13-26-40(33)47(39-21-7-3-17-34(39)32-28-29-38-37-20-6-12-27-45(37)49-46(38)30-32)43-24-10-11-25-44(43)48-41-22-8-4-18-35(41)36-19-5-9-23-42(36)48/h1-30H. The number of para-hydroxylation sites is 6. The van der Waals surface area contributed by atoms with E-state index < -0.39 is 0 Å². The Balaban J connectivity index is 1.27. The van der Waals surface area contributed by atoms with Gasteiger partial charge in [-0.3, -0.25) is 0 Å². The van der Waals surface area contributed by atoms with Crippen LogP contribution in [0, 0.1) is 0 Å². The summed E-state index contributed by atoms with van der Waals surface area (Å²) in [6.07, 6.45) is 0. The van der Waals surface area contributed by atoms with Crippen molar-refractivity contribution in [2.24, 2.45) is 0 Å². The van der Waals surface area contributed by atoms with Crippen molar-refractivity contribution in [2.75, 3.05) is 4.90 Å². The highest BCUT2D eigenvalue weighted by Gasteiger charge is 2.24. The number of aromatic nitrogens is 1. The Morgan fingerprint density at radius 3 is 1.78 bits per heavy atom. The molecule has 0 amide bonds. The summed E-state index contributed by atoms with van der Waals surface area (Å²) in [5.74, 6) is 0. The van der Waals surface area contributed by atoms with Crippen molar-refractivity contribution in [3.63, 3.8) is 0 Å². The van der Waals surface area contributed by atoms with Gasteiger partial charge in [0.25, 0.3) is 0 Å². The van der Waals surface area contributed by atoms with Gasteiger partial charge in [0.1, 0.15) is 11.2 Å². The summed E-state index contributed by atoms with van der Waals surface area (Å²) in [4.78, 5) is 2.44. The second kappa shape index (κ2) is 11.0. The molecule has 0 aliphatic carbocycles. The summed E-state index contributed by atoms with van der Waals surface area (Å²) in [5.41, 5.74) is 10.8. The van der Waals surface area contributed by atoms with Crippen LogP contribution in [-0.2, 0) is 0 Å². The van der Waals surface area contributed by atoms with Crippen molar-refractivity contribution in [2.45, 2.75) is 0 Å². The van der Waals surface area contributed by atoms with Crippen LogP contribution < -0.4 is 4.90 Å². The molecule has 0 unspecified atom stereocenters. The molecule has 0 saturated heterocycles. The van der Waals surface area contributed by atoms with Crippen LogP contribution in [0.25, 0.3) is 71.3 Å². The molecule has 10 aromatic rings. The van der Waals surface area contributed by atoms with Crippen molar-refractivity contribution >= 4 is 71.6 Å². The van der Waals surface area contributed by atoms with E-state index in [0.29, 0.717) is 0 Å². The molecule has 0 N–H and O–H groups in total. The predicted octanol–water partition coefficient (Wildman–Crippen LogP) is 13.0. The molecule has 0 fully saturated rings. The van der Waals surface area contributed by atoms with Crippen LogP contribution in [0.3, 0.4) is 0 Å². The van der Waals surface area contributed by atoms with Crippen molar-refractivity contribution in [1.29, 1.82) is 0 Å². The number of fused-ring (bicyclic) bond motifs is 7. The van der Waals surface area contributed by atoms with E-state index in [-0.39, 0.29) is 0 Å². The van der Waals surface area contributed by atoms with Gasteiger partial charge in [0.15, 0.2) is 0 Å². The van der Waals surface area contributed by atoms with Crippen molar-refractivity contribution in [3.05, 3.63) is 182 Å². The Morgan fingerprint density at radius 2 is 0.959 bits per heavy atom. The first-order chi connectivity index (χ1) is 24.3. The van der Waals surface area contributed by atoms with Gasteiger partial charge in [-0.05, 0) is 65.5 Å². The summed E-state index contributed by atoms with van der Waals surface area (Å²) < 4.78 is 8.79. The molecule has 10 rings (SSSR count). The topological polar surface area (TPSA) is 21.3 Å². The number of benzene rings is 8. The van der Waals surface area contributed by atoms with E-state index in [1.165, 1.54) is 32.6 Å². The second-order valence-corrected chi connectivity index (χ2v) is 12.5. The fraction of sp³-hybridized carbons (Fsp3) is 0. The SMILES string of the molecule is c1ccc(N(c2ccccc2-n2c3ccccc3c3ccccc32)c2cccc3ccccc23)c(-c2ccc3c(c2)oc2ccccc23)c1. The molecular weight excluding hydrogens is 597 g/mol. The van der Waals surface area contributed by atoms with Gasteiger partial charge in [0.2, 0.25) is 0 Å². The molecule has 0 radical (unpaired) electrons. The number of hydrogen-bond donors (Lipinski definition) is 0. The average Bonchev–Trinajstić information content (AvgIpc) is 3.71. The Kier molecular flexibility index (Phi) is 6.18. The van der Waals surface area contributed by atoms with Crippen LogP contribution in [0.5, 0.6) is 0 Å². The van der Waals surface area contributed by atoms with E-state index in [0.717, 1.165) is 55.8 Å². The molecule has 230 valence electrons. The van der Waals surface area contributed by atoms with Gasteiger partial charge in [-0.25, -0.2) is 0 Å². The molecule has 3 nitrogen and oxygen atoms in total. The first-order valence-corrected chi connectivity index (χ1v) is 16.7. The van der Waals surface area contributed by atoms with Crippen LogP contribution in [0.4, 0.5) is 17.1 Å². The fourth-order valence-corrected chi connectivity index (χ4v) is 7.62. The lowest BCUT2D eigenvalue weighted by atomic mass is 9.99. The van der Waals surface area contributed by atoms with Gasteiger partial charge >= 0.3 is 0 Å². The maximum absolute atomic E-state index is 6.37. The van der Waals surface area contributed by atoms with Crippen LogP contribution >= 0.6 is 0 Å². The summed E-state index contributed by atoms with van der Waals surface area (Å²) in [6.45, 7) is 0. The smallest absolute Gasteiger partial charge is 0.136 e. The van der Waals surface area contributed by atoms with Crippen LogP contribution in [0.2, 0.25) is 0 Å². The lowest BCUT2D eigenvalue weighted by Crippen LogP contribution is -2.14. The van der Waals surface area contributed by atoms with Gasteiger partial charge in [0.05, 0.1) is 33.8 Å².